The minimum absolute atomic E-state index is 0. The monoisotopic (exact) mass is 437 g/mol. The molecule has 0 saturated heterocycles. The first-order valence-electron chi connectivity index (χ1n) is 9.41. The van der Waals surface area contributed by atoms with E-state index < -0.39 is 0 Å². The van der Waals surface area contributed by atoms with Gasteiger partial charge in [0.1, 0.15) is 0 Å². The Balaban J connectivity index is 0.000000380. The summed E-state index contributed by atoms with van der Waals surface area (Å²) in [6.07, 6.45) is 6.87. The van der Waals surface area contributed by atoms with Gasteiger partial charge in [0.05, 0.1) is 0 Å². The third-order valence-corrected chi connectivity index (χ3v) is 5.73. The molecule has 0 aromatic heterocycles. The van der Waals surface area contributed by atoms with Crippen LogP contribution in [0.2, 0.25) is 0 Å². The maximum absolute atomic E-state index is 3.44. The van der Waals surface area contributed by atoms with Crippen molar-refractivity contribution >= 4 is 0 Å². The summed E-state index contributed by atoms with van der Waals surface area (Å²) >= 11 is 0. The SMILES string of the molecule is CC1=[C-]C(C)(C)C(C)=C1C.CC1=[C-]C(C)(C)C(C)=C1C.[Zr+3].[c-]1ccccc1. The predicted octanol–water partition coefficient (Wildman–Crippen LogP) is 7.71. The van der Waals surface area contributed by atoms with Crippen LogP contribution in [0.3, 0.4) is 0 Å². The van der Waals surface area contributed by atoms with E-state index in [1.165, 1.54) is 33.4 Å². The predicted molar refractivity (Wildman–Crippen MR) is 114 cm³/mol. The van der Waals surface area contributed by atoms with Crippen LogP contribution < -0.4 is 0 Å². The van der Waals surface area contributed by atoms with E-state index in [1.807, 2.05) is 30.3 Å². The molecule has 2 aliphatic carbocycles. The second-order valence-electron chi connectivity index (χ2n) is 8.33. The van der Waals surface area contributed by atoms with Gasteiger partial charge in [-0.1, -0.05) is 66.2 Å². The molecule has 0 heterocycles. The summed E-state index contributed by atoms with van der Waals surface area (Å²) < 4.78 is 0. The Kier molecular flexibility index (Phi) is 10.2. The number of hydrogen-bond donors (Lipinski definition) is 0. The van der Waals surface area contributed by atoms with Crippen LogP contribution >= 0.6 is 0 Å². The molecule has 3 rings (SSSR count). The first kappa shape index (κ1) is 26.1. The van der Waals surface area contributed by atoms with E-state index in [9.17, 15) is 0 Å². The molecule has 1 heteroatoms. The van der Waals surface area contributed by atoms with Gasteiger partial charge >= 0.3 is 26.2 Å². The number of allylic oxidation sites excluding steroid dienone is 8. The van der Waals surface area contributed by atoms with Crippen molar-refractivity contribution in [3.8, 4) is 0 Å². The molecule has 0 nitrogen and oxygen atoms in total. The zero-order chi connectivity index (χ0) is 20.1. The first-order chi connectivity index (χ1) is 11.9. The van der Waals surface area contributed by atoms with E-state index >= 15 is 0 Å². The van der Waals surface area contributed by atoms with Gasteiger partial charge in [0.15, 0.2) is 0 Å². The minimum atomic E-state index is 0. The molecule has 0 atom stereocenters. The van der Waals surface area contributed by atoms with Crippen molar-refractivity contribution < 1.29 is 26.2 Å². The van der Waals surface area contributed by atoms with Crippen LogP contribution in [0.15, 0.2) is 63.8 Å². The summed E-state index contributed by atoms with van der Waals surface area (Å²) in [4.78, 5) is 0. The van der Waals surface area contributed by atoms with Crippen molar-refractivity contribution in [1.29, 1.82) is 0 Å². The van der Waals surface area contributed by atoms with Crippen LogP contribution in [0.5, 0.6) is 0 Å². The molecular weight excluding hydrogens is 404 g/mol. The Morgan fingerprint density at radius 3 is 1.00 bits per heavy atom. The first-order valence-corrected chi connectivity index (χ1v) is 9.41. The van der Waals surface area contributed by atoms with Crippen LogP contribution in [-0.2, 0) is 26.2 Å². The van der Waals surface area contributed by atoms with Crippen molar-refractivity contribution in [1.82, 2.24) is 0 Å². The van der Waals surface area contributed by atoms with Gasteiger partial charge in [-0.15, -0.1) is 13.8 Å². The molecule has 0 bridgehead atoms. The fraction of sp³-hybridized carbons (Fsp3) is 0.462. The van der Waals surface area contributed by atoms with Crippen molar-refractivity contribution in [2.45, 2.75) is 69.2 Å². The smallest absolute Gasteiger partial charge is 0.263 e. The summed E-state index contributed by atoms with van der Waals surface area (Å²) in [6, 6.07) is 12.5. The Morgan fingerprint density at radius 1 is 0.593 bits per heavy atom. The number of hydrogen-bond acceptors (Lipinski definition) is 0. The molecule has 0 amide bonds. The summed E-state index contributed by atoms with van der Waals surface area (Å²) in [5.41, 5.74) is 8.79. The molecule has 0 unspecified atom stereocenters. The van der Waals surface area contributed by atoms with Gasteiger partial charge in [-0.05, 0) is 0 Å². The molecule has 0 saturated carbocycles. The van der Waals surface area contributed by atoms with Crippen molar-refractivity contribution in [3.63, 3.8) is 0 Å². The Morgan fingerprint density at radius 2 is 0.926 bits per heavy atom. The molecule has 0 aliphatic heterocycles. The maximum atomic E-state index is 3.44. The zero-order valence-electron chi connectivity index (χ0n) is 18.9. The van der Waals surface area contributed by atoms with Gasteiger partial charge in [-0.2, -0.15) is 58.7 Å². The van der Waals surface area contributed by atoms with Crippen molar-refractivity contribution in [3.05, 3.63) is 82.0 Å². The Hall–Kier alpha value is -0.937. The maximum Gasteiger partial charge on any atom is 3.00 e. The van der Waals surface area contributed by atoms with Crippen LogP contribution in [0.4, 0.5) is 0 Å². The molecule has 143 valence electrons. The largest absolute Gasteiger partial charge is 3.00 e. The number of rotatable bonds is 0. The molecule has 1 radical (unpaired) electrons. The molecule has 0 N–H and O–H groups in total. The van der Waals surface area contributed by atoms with Gasteiger partial charge < -0.3 is 0 Å². The van der Waals surface area contributed by atoms with Crippen LogP contribution in [0.1, 0.15) is 69.2 Å². The van der Waals surface area contributed by atoms with Crippen LogP contribution in [-0.4, -0.2) is 0 Å². The van der Waals surface area contributed by atoms with Crippen LogP contribution in [0, 0.1) is 29.0 Å². The van der Waals surface area contributed by atoms with Gasteiger partial charge in [0, 0.05) is 0 Å². The Bertz CT molecular complexity index is 661. The van der Waals surface area contributed by atoms with E-state index in [2.05, 4.69) is 87.5 Å². The average Bonchev–Trinajstić information content (AvgIpc) is 2.88. The normalized spacial score (nSPS) is 19.2. The quantitative estimate of drug-likeness (QED) is 0.364. The molecule has 27 heavy (non-hydrogen) atoms. The van der Waals surface area contributed by atoms with E-state index in [4.69, 9.17) is 0 Å². The van der Waals surface area contributed by atoms with E-state index in [1.54, 1.807) is 0 Å². The van der Waals surface area contributed by atoms with E-state index in [0.29, 0.717) is 0 Å². The molecule has 0 spiro atoms. The molecule has 1 aromatic rings. The van der Waals surface area contributed by atoms with Gasteiger partial charge in [-0.3, -0.25) is 12.2 Å². The zero-order valence-corrected chi connectivity index (χ0v) is 21.3. The third kappa shape index (κ3) is 7.19. The number of benzene rings is 1. The minimum Gasteiger partial charge on any atom is -0.263 e. The fourth-order valence-corrected chi connectivity index (χ4v) is 3.15. The molecule has 0 fully saturated rings. The van der Waals surface area contributed by atoms with Gasteiger partial charge in [-0.25, -0.2) is 11.1 Å². The second-order valence-corrected chi connectivity index (χ2v) is 8.33. The van der Waals surface area contributed by atoms with Crippen molar-refractivity contribution in [2.75, 3.05) is 0 Å². The van der Waals surface area contributed by atoms with E-state index in [-0.39, 0.29) is 37.0 Å². The summed E-state index contributed by atoms with van der Waals surface area (Å²) in [5.74, 6) is 0. The van der Waals surface area contributed by atoms with Gasteiger partial charge in [0.2, 0.25) is 0 Å². The van der Waals surface area contributed by atoms with Gasteiger partial charge in [0.25, 0.3) is 0 Å². The summed E-state index contributed by atoms with van der Waals surface area (Å²) in [6.45, 7) is 21.8. The summed E-state index contributed by atoms with van der Waals surface area (Å²) in [7, 11) is 0. The van der Waals surface area contributed by atoms with E-state index in [0.717, 1.165) is 0 Å². The standard InChI is InChI=1S/2C10H15.C6H5.Zr/c2*1-7-6-10(4,5)9(3)8(7)2;1-2-4-6-5-3-1;/h2*1-5H3;1-5H;/q3*-1;+3. The second kappa shape index (κ2) is 10.6. The topological polar surface area (TPSA) is 0 Å². The van der Waals surface area contributed by atoms with Crippen molar-refractivity contribution in [2.24, 2.45) is 10.8 Å². The Labute approximate surface area is 187 Å². The average molecular weight is 439 g/mol. The molecule has 1 aromatic carbocycles. The summed E-state index contributed by atoms with van der Waals surface area (Å²) in [5, 5.41) is 0. The van der Waals surface area contributed by atoms with Crippen LogP contribution in [0.25, 0.3) is 0 Å². The third-order valence-electron chi connectivity index (χ3n) is 5.73. The molecule has 2 aliphatic rings. The molecular formula is C26H35Zr. The fourth-order valence-electron chi connectivity index (χ4n) is 3.15.